The highest BCUT2D eigenvalue weighted by molar-refractivity contribution is 9.10. The number of hydrogen-bond acceptors (Lipinski definition) is 2. The molecule has 1 saturated carbocycles. The van der Waals surface area contributed by atoms with Crippen molar-refractivity contribution in [3.8, 4) is 11.3 Å². The molecule has 5 heteroatoms. The average molecular weight is 310 g/mol. The van der Waals surface area contributed by atoms with Crippen LogP contribution in [0.4, 0.5) is 4.39 Å². The summed E-state index contributed by atoms with van der Waals surface area (Å²) in [6, 6.07) is 7.29. The highest BCUT2D eigenvalue weighted by Crippen LogP contribution is 2.28. The van der Waals surface area contributed by atoms with E-state index in [-0.39, 0.29) is 5.82 Å². The van der Waals surface area contributed by atoms with Gasteiger partial charge in [0.2, 0.25) is 0 Å². The van der Waals surface area contributed by atoms with Crippen LogP contribution in [0.1, 0.15) is 18.5 Å². The lowest BCUT2D eigenvalue weighted by atomic mass is 10.1. The Hall–Kier alpha value is -1.20. The van der Waals surface area contributed by atoms with Gasteiger partial charge in [-0.2, -0.15) is 5.10 Å². The van der Waals surface area contributed by atoms with Crippen molar-refractivity contribution in [2.45, 2.75) is 25.4 Å². The van der Waals surface area contributed by atoms with Crippen LogP contribution in [0.5, 0.6) is 0 Å². The van der Waals surface area contributed by atoms with E-state index in [1.54, 1.807) is 6.07 Å². The van der Waals surface area contributed by atoms with Gasteiger partial charge in [0.1, 0.15) is 5.82 Å². The fourth-order valence-electron chi connectivity index (χ4n) is 1.83. The minimum absolute atomic E-state index is 0.253. The fraction of sp³-hybridized carbons (Fsp3) is 0.308. The SMILES string of the molecule is Fc1ccc(-c2cc(CNC3CC3)[nH]n2)c(Br)c1. The Bertz CT molecular complexity index is 563. The summed E-state index contributed by atoms with van der Waals surface area (Å²) in [4.78, 5) is 0. The molecule has 0 saturated heterocycles. The molecule has 0 spiro atoms. The number of aromatic amines is 1. The lowest BCUT2D eigenvalue weighted by Gasteiger charge is -2.00. The van der Waals surface area contributed by atoms with Crippen molar-refractivity contribution >= 4 is 15.9 Å². The second-order valence-electron chi connectivity index (χ2n) is 4.56. The van der Waals surface area contributed by atoms with Gasteiger partial charge in [0.25, 0.3) is 0 Å². The molecular weight excluding hydrogens is 297 g/mol. The fourth-order valence-corrected chi connectivity index (χ4v) is 2.38. The Morgan fingerprint density at radius 3 is 2.94 bits per heavy atom. The predicted molar refractivity (Wildman–Crippen MR) is 71.5 cm³/mol. The molecule has 2 aromatic rings. The van der Waals surface area contributed by atoms with Crippen molar-refractivity contribution in [3.05, 3.63) is 40.2 Å². The van der Waals surface area contributed by atoms with Gasteiger partial charge in [0.05, 0.1) is 5.69 Å². The van der Waals surface area contributed by atoms with Gasteiger partial charge in [-0.15, -0.1) is 0 Å². The molecule has 0 atom stereocenters. The number of hydrogen-bond donors (Lipinski definition) is 2. The molecule has 2 N–H and O–H groups in total. The second-order valence-corrected chi connectivity index (χ2v) is 5.41. The number of nitrogens with zero attached hydrogens (tertiary/aromatic N) is 1. The highest BCUT2D eigenvalue weighted by atomic mass is 79.9. The summed E-state index contributed by atoms with van der Waals surface area (Å²) < 4.78 is 13.7. The van der Waals surface area contributed by atoms with Crippen LogP contribution < -0.4 is 5.32 Å². The Balaban J connectivity index is 1.78. The first-order chi connectivity index (χ1) is 8.72. The molecule has 1 aromatic heterocycles. The van der Waals surface area contributed by atoms with Crippen molar-refractivity contribution in [2.75, 3.05) is 0 Å². The number of H-pyrrole nitrogens is 1. The topological polar surface area (TPSA) is 40.7 Å². The smallest absolute Gasteiger partial charge is 0.124 e. The molecular formula is C13H13BrFN3. The van der Waals surface area contributed by atoms with Crippen LogP contribution in [0.25, 0.3) is 11.3 Å². The largest absolute Gasteiger partial charge is 0.308 e. The molecule has 1 heterocycles. The zero-order valence-corrected chi connectivity index (χ0v) is 11.3. The molecule has 1 aliphatic rings. The Kier molecular flexibility index (Phi) is 3.18. The molecule has 3 rings (SSSR count). The summed E-state index contributed by atoms with van der Waals surface area (Å²) in [5, 5.41) is 10.7. The van der Waals surface area contributed by atoms with Crippen molar-refractivity contribution in [2.24, 2.45) is 0 Å². The molecule has 1 fully saturated rings. The van der Waals surface area contributed by atoms with Gasteiger partial charge in [0.15, 0.2) is 0 Å². The van der Waals surface area contributed by atoms with E-state index in [1.165, 1.54) is 25.0 Å². The van der Waals surface area contributed by atoms with Gasteiger partial charge in [-0.05, 0) is 53.0 Å². The summed E-state index contributed by atoms with van der Waals surface area (Å²) in [6.45, 7) is 0.802. The van der Waals surface area contributed by atoms with Crippen molar-refractivity contribution in [1.82, 2.24) is 15.5 Å². The Morgan fingerprint density at radius 2 is 2.22 bits per heavy atom. The van der Waals surface area contributed by atoms with Crippen LogP contribution in [0.15, 0.2) is 28.7 Å². The molecule has 0 radical (unpaired) electrons. The maximum atomic E-state index is 13.0. The average Bonchev–Trinajstić information content (AvgIpc) is 3.05. The van der Waals surface area contributed by atoms with E-state index in [1.807, 2.05) is 6.07 Å². The lowest BCUT2D eigenvalue weighted by Crippen LogP contribution is -2.15. The zero-order valence-electron chi connectivity index (χ0n) is 9.71. The first-order valence-electron chi connectivity index (χ1n) is 5.95. The first kappa shape index (κ1) is 11.9. The van der Waals surface area contributed by atoms with Crippen molar-refractivity contribution in [1.29, 1.82) is 0 Å². The maximum Gasteiger partial charge on any atom is 0.124 e. The number of rotatable bonds is 4. The molecule has 0 amide bonds. The van der Waals surface area contributed by atoms with Gasteiger partial charge < -0.3 is 5.32 Å². The monoisotopic (exact) mass is 309 g/mol. The molecule has 94 valence electrons. The van der Waals surface area contributed by atoms with Crippen LogP contribution in [-0.2, 0) is 6.54 Å². The van der Waals surface area contributed by atoms with Gasteiger partial charge in [-0.3, -0.25) is 5.10 Å². The standard InChI is InChI=1S/C13H13BrFN3/c14-12-5-8(15)1-4-11(12)13-6-10(17-18-13)7-16-9-2-3-9/h1,4-6,9,16H,2-3,7H2,(H,17,18). The van der Waals surface area contributed by atoms with Crippen LogP contribution in [0, 0.1) is 5.82 Å². The second kappa shape index (κ2) is 4.82. The number of halogens is 2. The van der Waals surface area contributed by atoms with Gasteiger partial charge in [-0.25, -0.2) is 4.39 Å². The van der Waals surface area contributed by atoms with Crippen LogP contribution >= 0.6 is 15.9 Å². The van der Waals surface area contributed by atoms with E-state index in [0.717, 1.165) is 28.0 Å². The third-order valence-corrected chi connectivity index (χ3v) is 3.65. The third-order valence-electron chi connectivity index (χ3n) is 3.00. The van der Waals surface area contributed by atoms with Crippen LogP contribution in [-0.4, -0.2) is 16.2 Å². The Morgan fingerprint density at radius 1 is 1.39 bits per heavy atom. The molecule has 18 heavy (non-hydrogen) atoms. The maximum absolute atomic E-state index is 13.0. The lowest BCUT2D eigenvalue weighted by molar-refractivity contribution is 0.627. The first-order valence-corrected chi connectivity index (χ1v) is 6.75. The van der Waals surface area contributed by atoms with Gasteiger partial charge in [-0.1, -0.05) is 0 Å². The number of nitrogens with one attached hydrogen (secondary N) is 2. The van der Waals surface area contributed by atoms with E-state index in [0.29, 0.717) is 6.04 Å². The summed E-state index contributed by atoms with van der Waals surface area (Å²) in [6.07, 6.45) is 2.54. The quantitative estimate of drug-likeness (QED) is 0.910. The molecule has 1 aliphatic carbocycles. The van der Waals surface area contributed by atoms with Gasteiger partial charge in [0, 0.05) is 28.3 Å². The van der Waals surface area contributed by atoms with Gasteiger partial charge >= 0.3 is 0 Å². The highest BCUT2D eigenvalue weighted by Gasteiger charge is 2.20. The van der Waals surface area contributed by atoms with E-state index < -0.39 is 0 Å². The number of aromatic nitrogens is 2. The molecule has 0 aliphatic heterocycles. The van der Waals surface area contributed by atoms with Crippen molar-refractivity contribution < 1.29 is 4.39 Å². The summed E-state index contributed by atoms with van der Waals surface area (Å²) in [5.74, 6) is -0.253. The third kappa shape index (κ3) is 2.62. The van der Waals surface area contributed by atoms with E-state index in [4.69, 9.17) is 0 Å². The number of benzene rings is 1. The summed E-state index contributed by atoms with van der Waals surface area (Å²) in [7, 11) is 0. The molecule has 1 aromatic carbocycles. The van der Waals surface area contributed by atoms with E-state index in [2.05, 4.69) is 31.4 Å². The zero-order chi connectivity index (χ0) is 12.5. The Labute approximate surface area is 113 Å². The molecule has 0 bridgehead atoms. The predicted octanol–water partition coefficient (Wildman–Crippen LogP) is 3.23. The van der Waals surface area contributed by atoms with E-state index >= 15 is 0 Å². The van der Waals surface area contributed by atoms with Crippen molar-refractivity contribution in [3.63, 3.8) is 0 Å². The summed E-state index contributed by atoms with van der Waals surface area (Å²) in [5.41, 5.74) is 2.77. The summed E-state index contributed by atoms with van der Waals surface area (Å²) >= 11 is 3.36. The van der Waals surface area contributed by atoms with Crippen LogP contribution in [0.2, 0.25) is 0 Å². The minimum atomic E-state index is -0.253. The van der Waals surface area contributed by atoms with Crippen LogP contribution in [0.3, 0.4) is 0 Å². The normalized spacial score (nSPS) is 15.0. The minimum Gasteiger partial charge on any atom is -0.308 e. The molecule has 0 unspecified atom stereocenters. The molecule has 3 nitrogen and oxygen atoms in total. The van der Waals surface area contributed by atoms with E-state index in [9.17, 15) is 4.39 Å².